The average molecular weight is 247 g/mol. The van der Waals surface area contributed by atoms with E-state index >= 15 is 0 Å². The summed E-state index contributed by atoms with van der Waals surface area (Å²) in [4.78, 5) is 0. The van der Waals surface area contributed by atoms with Gasteiger partial charge in [-0.2, -0.15) is 0 Å². The molecule has 0 bridgehead atoms. The molecule has 0 aliphatic heterocycles. The minimum absolute atomic E-state index is 0.684. The van der Waals surface area contributed by atoms with Gasteiger partial charge in [0, 0.05) is 26.9 Å². The Labute approximate surface area is 106 Å². The van der Waals surface area contributed by atoms with Crippen molar-refractivity contribution in [2.75, 3.05) is 53.2 Å². The largest absolute Gasteiger partial charge is 0.385 e. The van der Waals surface area contributed by atoms with Gasteiger partial charge in [0.15, 0.2) is 0 Å². The van der Waals surface area contributed by atoms with Crippen molar-refractivity contribution in [1.82, 2.24) is 5.32 Å². The van der Waals surface area contributed by atoms with Gasteiger partial charge in [-0.15, -0.1) is 0 Å². The number of hydrogen-bond acceptors (Lipinski definition) is 4. The Morgan fingerprint density at radius 1 is 0.882 bits per heavy atom. The predicted octanol–water partition coefficient (Wildman–Crippen LogP) is 1.69. The third-order valence-corrected chi connectivity index (χ3v) is 2.20. The van der Waals surface area contributed by atoms with E-state index in [-0.39, 0.29) is 0 Å². The second kappa shape index (κ2) is 13.9. The van der Waals surface area contributed by atoms with Crippen LogP contribution in [0.15, 0.2) is 0 Å². The molecule has 0 aromatic carbocycles. The average Bonchev–Trinajstić information content (AvgIpc) is 2.30. The summed E-state index contributed by atoms with van der Waals surface area (Å²) in [6.07, 6.45) is 2.02. The lowest BCUT2D eigenvalue weighted by molar-refractivity contribution is 0.0392. The Morgan fingerprint density at radius 2 is 1.53 bits per heavy atom. The summed E-state index contributed by atoms with van der Waals surface area (Å²) in [7, 11) is 1.70. The fourth-order valence-electron chi connectivity index (χ4n) is 1.32. The summed E-state index contributed by atoms with van der Waals surface area (Å²) < 4.78 is 15.7. The monoisotopic (exact) mass is 247 g/mol. The maximum absolute atomic E-state index is 5.45. The maximum Gasteiger partial charge on any atom is 0.0700 e. The third kappa shape index (κ3) is 15.8. The molecule has 0 saturated carbocycles. The van der Waals surface area contributed by atoms with Crippen LogP contribution in [-0.2, 0) is 14.2 Å². The highest BCUT2D eigenvalue weighted by molar-refractivity contribution is 4.50. The zero-order valence-corrected chi connectivity index (χ0v) is 11.7. The van der Waals surface area contributed by atoms with Crippen molar-refractivity contribution in [1.29, 1.82) is 0 Å². The normalized spacial score (nSPS) is 11.3. The second-order valence-corrected chi connectivity index (χ2v) is 4.52. The molecule has 0 atom stereocenters. The quantitative estimate of drug-likeness (QED) is 0.503. The van der Waals surface area contributed by atoms with Gasteiger partial charge in [0.2, 0.25) is 0 Å². The van der Waals surface area contributed by atoms with Crippen LogP contribution in [0.1, 0.15) is 26.7 Å². The Kier molecular flexibility index (Phi) is 13.8. The Hall–Kier alpha value is -0.160. The fourth-order valence-corrected chi connectivity index (χ4v) is 1.32. The molecule has 0 spiro atoms. The first-order chi connectivity index (χ1) is 8.27. The molecule has 17 heavy (non-hydrogen) atoms. The van der Waals surface area contributed by atoms with Crippen molar-refractivity contribution in [2.24, 2.45) is 5.92 Å². The lowest BCUT2D eigenvalue weighted by atomic mass is 10.2. The topological polar surface area (TPSA) is 39.7 Å². The van der Waals surface area contributed by atoms with Crippen molar-refractivity contribution in [3.05, 3.63) is 0 Å². The predicted molar refractivity (Wildman–Crippen MR) is 70.5 cm³/mol. The minimum Gasteiger partial charge on any atom is -0.385 e. The van der Waals surface area contributed by atoms with Crippen molar-refractivity contribution in [2.45, 2.75) is 26.7 Å². The lowest BCUT2D eigenvalue weighted by Gasteiger charge is -2.08. The molecule has 0 unspecified atom stereocenters. The van der Waals surface area contributed by atoms with E-state index in [9.17, 15) is 0 Å². The van der Waals surface area contributed by atoms with Gasteiger partial charge in [0.05, 0.1) is 13.2 Å². The number of methoxy groups -OCH3 is 1. The van der Waals surface area contributed by atoms with E-state index in [1.165, 1.54) is 0 Å². The van der Waals surface area contributed by atoms with Crippen molar-refractivity contribution in [3.63, 3.8) is 0 Å². The number of hydrogen-bond donors (Lipinski definition) is 1. The molecule has 0 radical (unpaired) electrons. The SMILES string of the molecule is COCCCOCCOCCCNCC(C)C. The van der Waals surface area contributed by atoms with Crippen LogP contribution >= 0.6 is 0 Å². The van der Waals surface area contributed by atoms with Crippen LogP contribution in [0.5, 0.6) is 0 Å². The van der Waals surface area contributed by atoms with Crippen LogP contribution in [0, 0.1) is 5.92 Å². The molecule has 0 aliphatic carbocycles. The highest BCUT2D eigenvalue weighted by Gasteiger charge is 1.93. The van der Waals surface area contributed by atoms with E-state index in [4.69, 9.17) is 14.2 Å². The van der Waals surface area contributed by atoms with Crippen LogP contribution in [0.2, 0.25) is 0 Å². The van der Waals surface area contributed by atoms with Gasteiger partial charge in [-0.05, 0) is 31.8 Å². The highest BCUT2D eigenvalue weighted by atomic mass is 16.5. The zero-order chi connectivity index (χ0) is 12.8. The van der Waals surface area contributed by atoms with Crippen LogP contribution in [0.25, 0.3) is 0 Å². The highest BCUT2D eigenvalue weighted by Crippen LogP contribution is 1.88. The standard InChI is InChI=1S/C13H29NO3/c1-13(2)12-14-6-4-8-16-10-11-17-9-5-7-15-3/h13-14H,4-12H2,1-3H3. The van der Waals surface area contributed by atoms with E-state index in [1.807, 2.05) is 0 Å². The van der Waals surface area contributed by atoms with Gasteiger partial charge >= 0.3 is 0 Å². The van der Waals surface area contributed by atoms with Crippen LogP contribution in [0.4, 0.5) is 0 Å². The first-order valence-electron chi connectivity index (χ1n) is 6.62. The van der Waals surface area contributed by atoms with Crippen LogP contribution in [0.3, 0.4) is 0 Å². The second-order valence-electron chi connectivity index (χ2n) is 4.52. The number of ether oxygens (including phenoxy) is 3. The van der Waals surface area contributed by atoms with E-state index in [0.717, 1.165) is 51.7 Å². The number of nitrogens with one attached hydrogen (secondary N) is 1. The smallest absolute Gasteiger partial charge is 0.0700 e. The van der Waals surface area contributed by atoms with Crippen LogP contribution < -0.4 is 5.32 Å². The van der Waals surface area contributed by atoms with E-state index in [0.29, 0.717) is 13.2 Å². The third-order valence-electron chi connectivity index (χ3n) is 2.20. The Bertz CT molecular complexity index is 143. The molecular weight excluding hydrogens is 218 g/mol. The molecule has 0 saturated heterocycles. The van der Waals surface area contributed by atoms with Gasteiger partial charge in [-0.3, -0.25) is 0 Å². The summed E-state index contributed by atoms with van der Waals surface area (Å²) >= 11 is 0. The summed E-state index contributed by atoms with van der Waals surface area (Å²) in [5.74, 6) is 0.719. The van der Waals surface area contributed by atoms with Crippen molar-refractivity contribution in [3.8, 4) is 0 Å². The molecule has 0 aromatic rings. The zero-order valence-electron chi connectivity index (χ0n) is 11.7. The van der Waals surface area contributed by atoms with E-state index < -0.39 is 0 Å². The summed E-state index contributed by atoms with van der Waals surface area (Å²) in [6, 6.07) is 0. The molecule has 0 rings (SSSR count). The van der Waals surface area contributed by atoms with Crippen molar-refractivity contribution < 1.29 is 14.2 Å². The molecule has 4 nitrogen and oxygen atoms in total. The molecule has 0 heterocycles. The first-order valence-corrected chi connectivity index (χ1v) is 6.62. The van der Waals surface area contributed by atoms with Crippen molar-refractivity contribution >= 4 is 0 Å². The lowest BCUT2D eigenvalue weighted by Crippen LogP contribution is -2.22. The minimum atomic E-state index is 0.684. The molecule has 1 N–H and O–H groups in total. The maximum atomic E-state index is 5.45. The summed E-state index contributed by atoms with van der Waals surface area (Å²) in [6.45, 7) is 10.3. The van der Waals surface area contributed by atoms with Gasteiger partial charge in [0.25, 0.3) is 0 Å². The fraction of sp³-hybridized carbons (Fsp3) is 1.00. The molecule has 0 aliphatic rings. The van der Waals surface area contributed by atoms with Gasteiger partial charge in [-0.1, -0.05) is 13.8 Å². The molecule has 0 aromatic heterocycles. The Morgan fingerprint density at radius 3 is 2.12 bits per heavy atom. The van der Waals surface area contributed by atoms with Gasteiger partial charge < -0.3 is 19.5 Å². The first kappa shape index (κ1) is 16.8. The molecule has 104 valence electrons. The summed E-state index contributed by atoms with van der Waals surface area (Å²) in [5.41, 5.74) is 0. The van der Waals surface area contributed by atoms with E-state index in [1.54, 1.807) is 7.11 Å². The Balaban J connectivity index is 2.89. The van der Waals surface area contributed by atoms with E-state index in [2.05, 4.69) is 19.2 Å². The molecule has 4 heteroatoms. The van der Waals surface area contributed by atoms with Gasteiger partial charge in [-0.25, -0.2) is 0 Å². The molecule has 0 amide bonds. The molecule has 0 fully saturated rings. The number of rotatable bonds is 13. The van der Waals surface area contributed by atoms with Gasteiger partial charge in [0.1, 0.15) is 0 Å². The molecular formula is C13H29NO3. The van der Waals surface area contributed by atoms with Crippen LogP contribution in [-0.4, -0.2) is 53.2 Å². The summed E-state index contributed by atoms with van der Waals surface area (Å²) in [5, 5.41) is 3.38.